The van der Waals surface area contributed by atoms with Crippen LogP contribution in [0.3, 0.4) is 0 Å². The molecule has 3 heterocycles. The van der Waals surface area contributed by atoms with Crippen molar-refractivity contribution in [3.8, 4) is 11.5 Å². The first-order chi connectivity index (χ1) is 15.4. The summed E-state index contributed by atoms with van der Waals surface area (Å²) >= 11 is 0. The van der Waals surface area contributed by atoms with E-state index in [1.54, 1.807) is 28.6 Å². The third kappa shape index (κ3) is 4.87. The van der Waals surface area contributed by atoms with Crippen LogP contribution in [0, 0.1) is 5.92 Å². The fraction of sp³-hybridized carbons (Fsp3) is 0.591. The summed E-state index contributed by atoms with van der Waals surface area (Å²) in [5.74, 6) is 0.240. The van der Waals surface area contributed by atoms with Gasteiger partial charge in [0.15, 0.2) is 0 Å². The molecular weight excluding hydrogens is 430 g/mol. The van der Waals surface area contributed by atoms with Gasteiger partial charge in [0.1, 0.15) is 0 Å². The van der Waals surface area contributed by atoms with Crippen LogP contribution < -0.4 is 5.32 Å². The van der Waals surface area contributed by atoms with Crippen LogP contribution in [0.2, 0.25) is 0 Å². The van der Waals surface area contributed by atoms with Gasteiger partial charge in [-0.05, 0) is 69.0 Å². The zero-order valence-electron chi connectivity index (χ0n) is 18.7. The number of hydrogen-bond donors (Lipinski definition) is 1. The number of amides is 1. The van der Waals surface area contributed by atoms with Gasteiger partial charge in [0.05, 0.1) is 4.90 Å². The van der Waals surface area contributed by atoms with E-state index in [2.05, 4.69) is 34.3 Å². The quantitative estimate of drug-likeness (QED) is 0.674. The van der Waals surface area contributed by atoms with E-state index in [1.807, 2.05) is 0 Å². The number of piperidine rings is 1. The minimum absolute atomic E-state index is 0.0971. The summed E-state index contributed by atoms with van der Waals surface area (Å²) in [5.41, 5.74) is 0.565. The summed E-state index contributed by atoms with van der Waals surface area (Å²) in [7, 11) is -3.52. The van der Waals surface area contributed by atoms with Crippen molar-refractivity contribution in [2.75, 3.05) is 32.7 Å². The normalized spacial score (nSPS) is 21.1. The maximum atomic E-state index is 12.9. The van der Waals surface area contributed by atoms with Crippen molar-refractivity contribution >= 4 is 15.9 Å². The third-order valence-electron chi connectivity index (χ3n) is 6.50. The highest BCUT2D eigenvalue weighted by atomic mass is 32.2. The van der Waals surface area contributed by atoms with Gasteiger partial charge < -0.3 is 9.73 Å². The molecule has 10 heteroatoms. The maximum absolute atomic E-state index is 12.9. The van der Waals surface area contributed by atoms with Gasteiger partial charge in [-0.2, -0.15) is 4.31 Å². The van der Waals surface area contributed by atoms with Gasteiger partial charge in [-0.1, -0.05) is 13.8 Å². The summed E-state index contributed by atoms with van der Waals surface area (Å²) in [6, 6.07) is 6.69. The second kappa shape index (κ2) is 9.68. The topological polar surface area (TPSA) is 109 Å². The Morgan fingerprint density at radius 1 is 1.12 bits per heavy atom. The van der Waals surface area contributed by atoms with E-state index in [9.17, 15) is 13.2 Å². The molecule has 174 valence electrons. The number of likely N-dealkylation sites (tertiary alicyclic amines) is 1. The summed E-state index contributed by atoms with van der Waals surface area (Å²) < 4.78 is 32.8. The molecule has 0 radical (unpaired) electrons. The molecule has 2 fully saturated rings. The van der Waals surface area contributed by atoms with E-state index in [4.69, 9.17) is 4.42 Å². The fourth-order valence-corrected chi connectivity index (χ4v) is 5.87. The van der Waals surface area contributed by atoms with Crippen molar-refractivity contribution in [1.29, 1.82) is 0 Å². The smallest absolute Gasteiger partial charge is 0.308 e. The van der Waals surface area contributed by atoms with Gasteiger partial charge in [0, 0.05) is 31.2 Å². The number of sulfonamides is 1. The van der Waals surface area contributed by atoms with Crippen LogP contribution in [-0.2, 0) is 10.0 Å². The maximum Gasteiger partial charge on any atom is 0.308 e. The highest BCUT2D eigenvalue weighted by Gasteiger charge is 2.28. The third-order valence-corrected chi connectivity index (χ3v) is 8.42. The molecule has 1 aromatic heterocycles. The van der Waals surface area contributed by atoms with E-state index in [0.717, 1.165) is 38.8 Å². The largest absolute Gasteiger partial charge is 0.412 e. The molecule has 2 aromatic rings. The van der Waals surface area contributed by atoms with Gasteiger partial charge in [-0.3, -0.25) is 9.69 Å². The van der Waals surface area contributed by atoms with E-state index in [1.165, 1.54) is 0 Å². The van der Waals surface area contributed by atoms with Crippen LogP contribution >= 0.6 is 0 Å². The Balaban J connectivity index is 1.39. The lowest BCUT2D eigenvalue weighted by molar-refractivity contribution is 0.0907. The highest BCUT2D eigenvalue weighted by molar-refractivity contribution is 7.89. The van der Waals surface area contributed by atoms with Gasteiger partial charge >= 0.3 is 11.8 Å². The van der Waals surface area contributed by atoms with E-state index in [-0.39, 0.29) is 16.7 Å². The Kier molecular flexibility index (Phi) is 6.92. The first-order valence-corrected chi connectivity index (χ1v) is 12.8. The number of carbonyl (C=O) groups is 1. The molecule has 1 amide bonds. The minimum atomic E-state index is -3.52. The summed E-state index contributed by atoms with van der Waals surface area (Å²) in [6.07, 6.45) is 3.96. The summed E-state index contributed by atoms with van der Waals surface area (Å²) in [5, 5.41) is 10.7. The molecule has 32 heavy (non-hydrogen) atoms. The molecule has 9 nitrogen and oxygen atoms in total. The number of carbonyl (C=O) groups excluding carboxylic acids is 1. The Morgan fingerprint density at radius 3 is 2.53 bits per heavy atom. The SMILES string of the molecule is CCN1CCC[C@@H]1CNC(=O)c1nnc(-c2ccc(S(=O)(=O)N3CCC(C)CC3)cc2)o1. The molecule has 1 atom stereocenters. The molecule has 2 aliphatic rings. The molecule has 1 N–H and O–H groups in total. The molecular formula is C22H31N5O4S. The molecule has 0 bridgehead atoms. The molecule has 1 aromatic carbocycles. The van der Waals surface area contributed by atoms with Crippen LogP contribution in [-0.4, -0.2) is 72.5 Å². The Hall–Kier alpha value is -2.30. The fourth-order valence-electron chi connectivity index (χ4n) is 4.40. The highest BCUT2D eigenvalue weighted by Crippen LogP contribution is 2.26. The van der Waals surface area contributed by atoms with E-state index in [0.29, 0.717) is 37.2 Å². The van der Waals surface area contributed by atoms with Crippen molar-refractivity contribution in [2.45, 2.75) is 50.5 Å². The summed E-state index contributed by atoms with van der Waals surface area (Å²) in [6.45, 7) is 7.93. The van der Waals surface area contributed by atoms with Gasteiger partial charge in [0.2, 0.25) is 15.9 Å². The average molecular weight is 462 g/mol. The number of rotatable bonds is 7. The van der Waals surface area contributed by atoms with Crippen molar-refractivity contribution < 1.29 is 17.6 Å². The number of aromatic nitrogens is 2. The number of nitrogens with zero attached hydrogens (tertiary/aromatic N) is 4. The van der Waals surface area contributed by atoms with Crippen LogP contribution in [0.5, 0.6) is 0 Å². The standard InChI is InChI=1S/C22H31N5O4S/c1-3-26-12-4-5-18(26)15-23-20(28)22-25-24-21(31-22)17-6-8-19(9-7-17)32(29,30)27-13-10-16(2)11-14-27/h6-9,16,18H,3-5,10-15H2,1-2H3,(H,23,28)/t18-/m1/s1. The molecule has 2 saturated heterocycles. The zero-order valence-corrected chi connectivity index (χ0v) is 19.5. The number of nitrogens with one attached hydrogen (secondary N) is 1. The molecule has 0 saturated carbocycles. The van der Waals surface area contributed by atoms with Crippen molar-refractivity contribution in [1.82, 2.24) is 24.7 Å². The first kappa shape index (κ1) is 22.9. The molecule has 0 unspecified atom stereocenters. The van der Waals surface area contributed by atoms with Crippen molar-refractivity contribution in [2.24, 2.45) is 5.92 Å². The van der Waals surface area contributed by atoms with Crippen molar-refractivity contribution in [3.63, 3.8) is 0 Å². The lowest BCUT2D eigenvalue weighted by atomic mass is 10.0. The lowest BCUT2D eigenvalue weighted by Gasteiger charge is -2.29. The monoisotopic (exact) mass is 461 g/mol. The predicted octanol–water partition coefficient (Wildman–Crippen LogP) is 2.37. The molecule has 2 aliphatic heterocycles. The Labute approximate surface area is 189 Å². The van der Waals surface area contributed by atoms with Crippen LogP contribution in [0.25, 0.3) is 11.5 Å². The predicted molar refractivity (Wildman–Crippen MR) is 119 cm³/mol. The number of likely N-dealkylation sites (N-methyl/N-ethyl adjacent to an activating group) is 1. The molecule has 0 spiro atoms. The molecule has 4 rings (SSSR count). The van der Waals surface area contributed by atoms with Crippen LogP contribution in [0.15, 0.2) is 33.6 Å². The second-order valence-electron chi connectivity index (χ2n) is 8.66. The van der Waals surface area contributed by atoms with Gasteiger partial charge in [-0.15, -0.1) is 10.2 Å². The molecule has 0 aliphatic carbocycles. The Morgan fingerprint density at radius 2 is 1.84 bits per heavy atom. The van der Waals surface area contributed by atoms with Gasteiger partial charge in [-0.25, -0.2) is 8.42 Å². The Bertz CT molecular complexity index is 1030. The number of benzene rings is 1. The summed E-state index contributed by atoms with van der Waals surface area (Å²) in [4.78, 5) is 15.0. The average Bonchev–Trinajstić information content (AvgIpc) is 3.47. The van der Waals surface area contributed by atoms with Crippen LogP contribution in [0.4, 0.5) is 0 Å². The van der Waals surface area contributed by atoms with Crippen molar-refractivity contribution in [3.05, 3.63) is 30.2 Å². The zero-order chi connectivity index (χ0) is 22.7. The second-order valence-corrected chi connectivity index (χ2v) is 10.6. The van der Waals surface area contributed by atoms with E-state index >= 15 is 0 Å². The van der Waals surface area contributed by atoms with Gasteiger partial charge in [0.25, 0.3) is 0 Å². The van der Waals surface area contributed by atoms with E-state index < -0.39 is 15.9 Å². The van der Waals surface area contributed by atoms with Crippen LogP contribution in [0.1, 0.15) is 50.2 Å². The number of hydrogen-bond acceptors (Lipinski definition) is 7. The first-order valence-electron chi connectivity index (χ1n) is 11.3. The lowest BCUT2D eigenvalue weighted by Crippen LogP contribution is -2.40. The minimum Gasteiger partial charge on any atom is -0.412 e.